The van der Waals surface area contributed by atoms with Gasteiger partial charge in [-0.15, -0.1) is 0 Å². The lowest BCUT2D eigenvalue weighted by atomic mass is 10.1. The molecule has 0 fully saturated rings. The number of para-hydroxylation sites is 1. The number of halogens is 3. The molecule has 114 valence electrons. The predicted molar refractivity (Wildman–Crippen MR) is 77.1 cm³/mol. The van der Waals surface area contributed by atoms with Crippen LogP contribution in [-0.2, 0) is 6.18 Å². The average Bonchev–Trinajstić information content (AvgIpc) is 2.50. The first-order valence-electron chi connectivity index (χ1n) is 6.65. The van der Waals surface area contributed by atoms with Gasteiger partial charge in [0.2, 0.25) is 5.82 Å². The molecule has 1 aromatic carbocycles. The summed E-state index contributed by atoms with van der Waals surface area (Å²) in [6.45, 7) is 0. The Labute approximate surface area is 123 Å². The van der Waals surface area contributed by atoms with Gasteiger partial charge in [0.15, 0.2) is 0 Å². The third-order valence-corrected chi connectivity index (χ3v) is 3.27. The van der Waals surface area contributed by atoms with E-state index in [0.717, 1.165) is 6.42 Å². The lowest BCUT2D eigenvalue weighted by molar-refractivity contribution is -0.147. The van der Waals surface area contributed by atoms with Crippen molar-refractivity contribution in [2.75, 3.05) is 5.43 Å². The second kappa shape index (κ2) is 5.32. The van der Waals surface area contributed by atoms with E-state index in [1.165, 1.54) is 12.1 Å². The Morgan fingerprint density at radius 1 is 1.18 bits per heavy atom. The maximum atomic E-state index is 13.2. The average molecular weight is 307 g/mol. The number of hydrogen-bond donors (Lipinski definition) is 1. The van der Waals surface area contributed by atoms with Crippen molar-refractivity contribution in [2.24, 2.45) is 0 Å². The molecule has 7 heteroatoms. The van der Waals surface area contributed by atoms with E-state index in [4.69, 9.17) is 0 Å². The zero-order chi connectivity index (χ0) is 15.7. The van der Waals surface area contributed by atoms with Gasteiger partial charge in [0.25, 0.3) is 5.56 Å². The first-order valence-corrected chi connectivity index (χ1v) is 6.65. The molecule has 1 aliphatic carbocycles. The van der Waals surface area contributed by atoms with Crippen LogP contribution in [-0.4, -0.2) is 15.7 Å². The number of hydrogen-bond acceptors (Lipinski definition) is 3. The highest BCUT2D eigenvalue weighted by Crippen LogP contribution is 2.27. The lowest BCUT2D eigenvalue weighted by Gasteiger charge is -2.20. The van der Waals surface area contributed by atoms with Crippen molar-refractivity contribution < 1.29 is 13.2 Å². The molecule has 1 aromatic heterocycles. The number of allylic oxidation sites excluding steroid dienone is 2. The molecule has 22 heavy (non-hydrogen) atoms. The van der Waals surface area contributed by atoms with Crippen molar-refractivity contribution in [3.63, 3.8) is 0 Å². The molecule has 0 spiro atoms. The Hall–Kier alpha value is -2.57. The summed E-state index contributed by atoms with van der Waals surface area (Å²) in [4.78, 5) is 16.0. The van der Waals surface area contributed by atoms with Gasteiger partial charge in [-0.05, 0) is 18.6 Å². The fourth-order valence-electron chi connectivity index (χ4n) is 2.27. The third kappa shape index (κ3) is 2.61. The molecule has 0 saturated carbocycles. The standard InChI is InChI=1S/C15H12F3N3O/c16-15(17,18)14-19-12-9-5-4-8-11(12)13(22)21(14)20-10-6-2-1-3-7-10/h2-10,20H,1H2. The predicted octanol–water partition coefficient (Wildman–Crippen LogP) is 2.84. The van der Waals surface area contributed by atoms with Crippen LogP contribution in [0.25, 0.3) is 10.9 Å². The highest BCUT2D eigenvalue weighted by molar-refractivity contribution is 5.77. The topological polar surface area (TPSA) is 46.9 Å². The fourth-order valence-corrected chi connectivity index (χ4v) is 2.27. The summed E-state index contributed by atoms with van der Waals surface area (Å²) in [6, 6.07) is 5.48. The molecule has 0 aliphatic heterocycles. The first-order chi connectivity index (χ1) is 10.5. The largest absolute Gasteiger partial charge is 0.451 e. The van der Waals surface area contributed by atoms with Gasteiger partial charge in [0.05, 0.1) is 16.9 Å². The van der Waals surface area contributed by atoms with Crippen molar-refractivity contribution >= 4 is 10.9 Å². The summed E-state index contributed by atoms with van der Waals surface area (Å²) in [5.74, 6) is -1.26. The van der Waals surface area contributed by atoms with Gasteiger partial charge in [-0.25, -0.2) is 4.98 Å². The van der Waals surface area contributed by atoms with E-state index in [0.29, 0.717) is 4.68 Å². The minimum Gasteiger partial charge on any atom is -0.310 e. The maximum Gasteiger partial charge on any atom is 0.451 e. The van der Waals surface area contributed by atoms with Gasteiger partial charge >= 0.3 is 6.18 Å². The first kappa shape index (κ1) is 14.4. The van der Waals surface area contributed by atoms with E-state index in [1.807, 2.05) is 12.2 Å². The number of benzene rings is 1. The molecule has 0 amide bonds. The van der Waals surface area contributed by atoms with Crippen LogP contribution in [0.3, 0.4) is 0 Å². The van der Waals surface area contributed by atoms with E-state index >= 15 is 0 Å². The zero-order valence-electron chi connectivity index (χ0n) is 11.3. The summed E-state index contributed by atoms with van der Waals surface area (Å²) >= 11 is 0. The lowest BCUT2D eigenvalue weighted by Crippen LogP contribution is -2.39. The Kier molecular flexibility index (Phi) is 3.48. The quantitative estimate of drug-likeness (QED) is 0.868. The molecule has 1 N–H and O–H groups in total. The maximum absolute atomic E-state index is 13.2. The van der Waals surface area contributed by atoms with Crippen molar-refractivity contribution in [1.82, 2.24) is 9.66 Å². The van der Waals surface area contributed by atoms with Gasteiger partial charge in [0, 0.05) is 0 Å². The van der Waals surface area contributed by atoms with E-state index in [9.17, 15) is 18.0 Å². The van der Waals surface area contributed by atoms with Crippen LogP contribution in [0.5, 0.6) is 0 Å². The Balaban J connectivity index is 2.19. The Morgan fingerprint density at radius 2 is 1.86 bits per heavy atom. The highest BCUT2D eigenvalue weighted by atomic mass is 19.4. The minimum absolute atomic E-state index is 0.0209. The summed E-state index contributed by atoms with van der Waals surface area (Å²) in [5.41, 5.74) is 1.81. The number of fused-ring (bicyclic) bond motifs is 1. The molecule has 0 bridgehead atoms. The van der Waals surface area contributed by atoms with E-state index in [1.54, 1.807) is 24.3 Å². The zero-order valence-corrected chi connectivity index (χ0v) is 11.3. The number of nitrogens with zero attached hydrogens (tertiary/aromatic N) is 2. The third-order valence-electron chi connectivity index (χ3n) is 3.27. The smallest absolute Gasteiger partial charge is 0.310 e. The minimum atomic E-state index is -4.74. The number of nitrogens with one attached hydrogen (secondary N) is 1. The van der Waals surface area contributed by atoms with Crippen molar-refractivity contribution in [3.05, 3.63) is 64.7 Å². The molecule has 4 nitrogen and oxygen atoms in total. The van der Waals surface area contributed by atoms with Crippen LogP contribution in [0.15, 0.2) is 53.4 Å². The molecule has 2 aromatic rings. The van der Waals surface area contributed by atoms with Gasteiger partial charge in [0.1, 0.15) is 0 Å². The van der Waals surface area contributed by atoms with Crippen LogP contribution in [0, 0.1) is 0 Å². The molecular weight excluding hydrogens is 295 g/mol. The van der Waals surface area contributed by atoms with Crippen molar-refractivity contribution in [1.29, 1.82) is 0 Å². The van der Waals surface area contributed by atoms with E-state index in [2.05, 4.69) is 10.4 Å². The van der Waals surface area contributed by atoms with Crippen molar-refractivity contribution in [2.45, 2.75) is 18.6 Å². The van der Waals surface area contributed by atoms with Crippen LogP contribution >= 0.6 is 0 Å². The molecular formula is C15H12F3N3O. The molecule has 0 atom stereocenters. The second-order valence-corrected chi connectivity index (χ2v) is 4.84. The monoisotopic (exact) mass is 307 g/mol. The highest BCUT2D eigenvalue weighted by Gasteiger charge is 2.38. The summed E-state index contributed by atoms with van der Waals surface area (Å²) in [7, 11) is 0. The van der Waals surface area contributed by atoms with Gasteiger partial charge in [-0.3, -0.25) is 4.79 Å². The summed E-state index contributed by atoms with van der Waals surface area (Å²) in [6.07, 6.45) is 2.99. The molecule has 0 unspecified atom stereocenters. The number of rotatable bonds is 2. The molecule has 1 aliphatic rings. The molecule has 3 rings (SSSR count). The van der Waals surface area contributed by atoms with Crippen LogP contribution < -0.4 is 11.0 Å². The number of alkyl halides is 3. The van der Waals surface area contributed by atoms with Crippen LogP contribution in [0.4, 0.5) is 13.2 Å². The summed E-state index contributed by atoms with van der Waals surface area (Å²) < 4.78 is 40.1. The van der Waals surface area contributed by atoms with E-state index < -0.39 is 23.6 Å². The van der Waals surface area contributed by atoms with Crippen LogP contribution in [0.1, 0.15) is 12.2 Å². The normalized spacial score (nSPS) is 15.4. The summed E-state index contributed by atoms with van der Waals surface area (Å²) in [5, 5.41) is 0.131. The Morgan fingerprint density at radius 3 is 2.55 bits per heavy atom. The van der Waals surface area contributed by atoms with E-state index in [-0.39, 0.29) is 10.9 Å². The Bertz CT molecular complexity index is 809. The fraction of sp³-hybridized carbons (Fsp3) is 0.200. The van der Waals surface area contributed by atoms with Gasteiger partial charge < -0.3 is 5.43 Å². The molecule has 1 heterocycles. The van der Waals surface area contributed by atoms with Gasteiger partial charge in [-0.1, -0.05) is 36.4 Å². The number of aromatic nitrogens is 2. The second-order valence-electron chi connectivity index (χ2n) is 4.84. The molecule has 0 saturated heterocycles. The van der Waals surface area contributed by atoms with Crippen LogP contribution in [0.2, 0.25) is 0 Å². The SMILES string of the molecule is O=c1c2ccccc2nc(C(F)(F)F)n1NC1C=CCC=C1. The van der Waals surface area contributed by atoms with Crippen molar-refractivity contribution in [3.8, 4) is 0 Å². The molecule has 0 radical (unpaired) electrons. The van der Waals surface area contributed by atoms with Gasteiger partial charge in [-0.2, -0.15) is 17.8 Å².